The summed E-state index contributed by atoms with van der Waals surface area (Å²) >= 11 is 0. The normalized spacial score (nSPS) is 20.1. The maximum Gasteiger partial charge on any atom is 0.237 e. The Labute approximate surface area is 89.9 Å². The van der Waals surface area contributed by atoms with Crippen LogP contribution in [0.4, 0.5) is 0 Å². The minimum atomic E-state index is -0.00929. The monoisotopic (exact) mass is 203 g/mol. The van der Waals surface area contributed by atoms with Crippen molar-refractivity contribution in [2.24, 2.45) is 0 Å². The fraction of sp³-hybridized carbons (Fsp3) is 0.333. The number of amides is 1. The predicted molar refractivity (Wildman–Crippen MR) is 59.0 cm³/mol. The molecule has 1 aromatic carbocycles. The number of carbonyl (C=O) groups excluding carboxylic acids is 1. The molecule has 15 heavy (non-hydrogen) atoms. The Kier molecular flexibility index (Phi) is 3.35. The molecule has 1 saturated heterocycles. The minimum absolute atomic E-state index is 0.00929. The molecule has 1 radical (unpaired) electrons. The van der Waals surface area contributed by atoms with Gasteiger partial charge in [-0.05, 0) is 24.9 Å². The van der Waals surface area contributed by atoms with Crippen molar-refractivity contribution in [3.63, 3.8) is 0 Å². The van der Waals surface area contributed by atoms with Crippen molar-refractivity contribution in [3.8, 4) is 0 Å². The van der Waals surface area contributed by atoms with Gasteiger partial charge in [-0.1, -0.05) is 30.3 Å². The molecule has 79 valence electrons. The average Bonchev–Trinajstić information content (AvgIpc) is 2.81. The highest BCUT2D eigenvalue weighted by Crippen LogP contribution is 2.05. The molecule has 1 atom stereocenters. The first-order valence-corrected chi connectivity index (χ1v) is 5.28. The van der Waals surface area contributed by atoms with Crippen LogP contribution in [0.25, 0.3) is 0 Å². The summed E-state index contributed by atoms with van der Waals surface area (Å²) in [7, 11) is 0. The molecule has 1 aliphatic rings. The number of hydrogen-bond acceptors (Lipinski definition) is 2. The molecule has 3 nitrogen and oxygen atoms in total. The van der Waals surface area contributed by atoms with Crippen LogP contribution in [-0.2, 0) is 4.79 Å². The third kappa shape index (κ3) is 2.80. The summed E-state index contributed by atoms with van der Waals surface area (Å²) in [4.78, 5) is 11.6. The van der Waals surface area contributed by atoms with Crippen molar-refractivity contribution >= 4 is 5.91 Å². The summed E-state index contributed by atoms with van der Waals surface area (Å²) in [5.74, 6) is 0.0661. The molecule has 0 unspecified atom stereocenters. The Balaban J connectivity index is 1.80. The Morgan fingerprint density at radius 2 is 2.20 bits per heavy atom. The van der Waals surface area contributed by atoms with E-state index >= 15 is 0 Å². The molecule has 3 heteroatoms. The lowest BCUT2D eigenvalue weighted by Crippen LogP contribution is -2.39. The summed E-state index contributed by atoms with van der Waals surface area (Å²) in [5.41, 5.74) is 1.02. The summed E-state index contributed by atoms with van der Waals surface area (Å²) in [5, 5.41) is 5.98. The zero-order valence-corrected chi connectivity index (χ0v) is 8.57. The predicted octanol–water partition coefficient (Wildman–Crippen LogP) is 1.06. The molecule has 2 rings (SSSR count). The van der Waals surface area contributed by atoms with Crippen LogP contribution >= 0.6 is 0 Å². The molecule has 0 bridgehead atoms. The van der Waals surface area contributed by atoms with Crippen LogP contribution in [-0.4, -0.2) is 18.5 Å². The molecule has 1 aromatic rings. The topological polar surface area (TPSA) is 41.1 Å². The fourth-order valence-corrected chi connectivity index (χ4v) is 1.71. The van der Waals surface area contributed by atoms with Gasteiger partial charge in [0.05, 0.1) is 12.6 Å². The zero-order chi connectivity index (χ0) is 10.5. The van der Waals surface area contributed by atoms with Gasteiger partial charge in [-0.3, -0.25) is 4.79 Å². The molecule has 1 aliphatic heterocycles. The third-order valence-electron chi connectivity index (χ3n) is 2.56. The molecule has 0 spiro atoms. The second kappa shape index (κ2) is 4.94. The lowest BCUT2D eigenvalue weighted by Gasteiger charge is -2.10. The quantitative estimate of drug-likeness (QED) is 0.771. The molecule has 0 aromatic heterocycles. The molecule has 2 N–H and O–H groups in total. The van der Waals surface area contributed by atoms with Crippen LogP contribution in [0.2, 0.25) is 0 Å². The van der Waals surface area contributed by atoms with E-state index < -0.39 is 0 Å². The minimum Gasteiger partial charge on any atom is -0.345 e. The maximum atomic E-state index is 11.6. The first-order chi connectivity index (χ1) is 7.36. The molecule has 1 fully saturated rings. The lowest BCUT2D eigenvalue weighted by molar-refractivity contribution is -0.122. The van der Waals surface area contributed by atoms with Gasteiger partial charge in [-0.2, -0.15) is 0 Å². The van der Waals surface area contributed by atoms with Gasteiger partial charge in [-0.25, -0.2) is 0 Å². The fourth-order valence-electron chi connectivity index (χ4n) is 1.71. The van der Waals surface area contributed by atoms with Crippen LogP contribution in [0.1, 0.15) is 18.4 Å². The largest absolute Gasteiger partial charge is 0.345 e. The smallest absolute Gasteiger partial charge is 0.237 e. The van der Waals surface area contributed by atoms with Crippen molar-refractivity contribution in [2.45, 2.75) is 18.9 Å². The Morgan fingerprint density at radius 3 is 2.87 bits per heavy atom. The number of carbonyl (C=O) groups is 1. The van der Waals surface area contributed by atoms with E-state index in [4.69, 9.17) is 0 Å². The SMILES string of the molecule is O=C(N[CH]c1ccccc1)[C@@H]1CCCN1. The summed E-state index contributed by atoms with van der Waals surface area (Å²) in [6.07, 6.45) is 2.03. The first kappa shape index (κ1) is 10.2. The van der Waals surface area contributed by atoms with Crippen molar-refractivity contribution in [1.29, 1.82) is 0 Å². The van der Waals surface area contributed by atoms with Crippen molar-refractivity contribution < 1.29 is 4.79 Å². The molecular formula is C12H15N2O. The highest BCUT2D eigenvalue weighted by atomic mass is 16.2. The highest BCUT2D eigenvalue weighted by molar-refractivity contribution is 5.82. The summed E-state index contributed by atoms with van der Waals surface area (Å²) in [6.45, 7) is 2.70. The van der Waals surface area contributed by atoms with E-state index in [9.17, 15) is 4.79 Å². The van der Waals surface area contributed by atoms with Gasteiger partial charge < -0.3 is 10.6 Å². The maximum absolute atomic E-state index is 11.6. The van der Waals surface area contributed by atoms with Crippen LogP contribution in [0.3, 0.4) is 0 Å². The van der Waals surface area contributed by atoms with Gasteiger partial charge in [0, 0.05) is 0 Å². The van der Waals surface area contributed by atoms with Gasteiger partial charge in [0.1, 0.15) is 0 Å². The van der Waals surface area contributed by atoms with E-state index in [1.165, 1.54) is 0 Å². The van der Waals surface area contributed by atoms with Crippen molar-refractivity contribution in [3.05, 3.63) is 42.4 Å². The van der Waals surface area contributed by atoms with Gasteiger partial charge >= 0.3 is 0 Å². The van der Waals surface area contributed by atoms with Gasteiger partial charge in [-0.15, -0.1) is 0 Å². The Hall–Kier alpha value is -1.35. The van der Waals surface area contributed by atoms with Gasteiger partial charge in [0.25, 0.3) is 0 Å². The van der Waals surface area contributed by atoms with E-state index in [0.29, 0.717) is 0 Å². The van der Waals surface area contributed by atoms with E-state index in [-0.39, 0.29) is 11.9 Å². The highest BCUT2D eigenvalue weighted by Gasteiger charge is 2.21. The van der Waals surface area contributed by atoms with E-state index in [1.807, 2.05) is 30.3 Å². The standard InChI is InChI=1S/C12H15N2O/c15-12(11-7-4-8-13-11)14-9-10-5-2-1-3-6-10/h1-3,5-6,9,11,13H,4,7-8H2,(H,14,15)/t11-/m0/s1. The van der Waals surface area contributed by atoms with Crippen LogP contribution in [0, 0.1) is 6.54 Å². The van der Waals surface area contributed by atoms with Gasteiger partial charge in [0.15, 0.2) is 0 Å². The van der Waals surface area contributed by atoms with E-state index in [2.05, 4.69) is 10.6 Å². The zero-order valence-electron chi connectivity index (χ0n) is 8.57. The van der Waals surface area contributed by atoms with Gasteiger partial charge in [0.2, 0.25) is 5.91 Å². The summed E-state index contributed by atoms with van der Waals surface area (Å²) < 4.78 is 0. The number of nitrogens with one attached hydrogen (secondary N) is 2. The lowest BCUT2D eigenvalue weighted by atomic mass is 10.2. The van der Waals surface area contributed by atoms with Crippen LogP contribution < -0.4 is 10.6 Å². The molecule has 1 amide bonds. The average molecular weight is 203 g/mol. The number of benzene rings is 1. The van der Waals surface area contributed by atoms with E-state index in [1.54, 1.807) is 6.54 Å². The Morgan fingerprint density at radius 1 is 1.40 bits per heavy atom. The molecule has 0 saturated carbocycles. The molecule has 0 aliphatic carbocycles. The second-order valence-corrected chi connectivity index (χ2v) is 3.71. The third-order valence-corrected chi connectivity index (χ3v) is 2.56. The number of rotatable bonds is 3. The molecular weight excluding hydrogens is 188 g/mol. The molecule has 1 heterocycles. The Bertz CT molecular complexity index is 318. The second-order valence-electron chi connectivity index (χ2n) is 3.71. The van der Waals surface area contributed by atoms with Crippen LogP contribution in [0.15, 0.2) is 30.3 Å². The first-order valence-electron chi connectivity index (χ1n) is 5.28. The van der Waals surface area contributed by atoms with E-state index in [0.717, 1.165) is 24.9 Å². The number of hydrogen-bond donors (Lipinski definition) is 2. The summed E-state index contributed by atoms with van der Waals surface area (Å²) in [6, 6.07) is 9.77. The van der Waals surface area contributed by atoms with Crippen molar-refractivity contribution in [1.82, 2.24) is 10.6 Å². The van der Waals surface area contributed by atoms with Crippen LogP contribution in [0.5, 0.6) is 0 Å². The van der Waals surface area contributed by atoms with Crippen molar-refractivity contribution in [2.75, 3.05) is 6.54 Å².